The van der Waals surface area contributed by atoms with Crippen molar-refractivity contribution in [3.05, 3.63) is 17.0 Å². The first kappa shape index (κ1) is 20.0. The molecule has 0 bridgehead atoms. The van der Waals surface area contributed by atoms with E-state index in [4.69, 9.17) is 0 Å². The van der Waals surface area contributed by atoms with Crippen LogP contribution in [0.4, 0.5) is 0 Å². The molecular weight excluding hydrogens is 312 g/mol. The van der Waals surface area contributed by atoms with Crippen molar-refractivity contribution in [2.75, 3.05) is 19.6 Å². The first-order valence-electron chi connectivity index (χ1n) is 8.47. The maximum absolute atomic E-state index is 12.2. The van der Waals surface area contributed by atoms with Gasteiger partial charge in [0.05, 0.1) is 12.1 Å². The van der Waals surface area contributed by atoms with Gasteiger partial charge in [0.15, 0.2) is 0 Å². The summed E-state index contributed by atoms with van der Waals surface area (Å²) >= 11 is 0. The van der Waals surface area contributed by atoms with Gasteiger partial charge in [-0.15, -0.1) is 12.4 Å². The fraction of sp³-hybridized carbons (Fsp3) is 0.765. The molecular formula is C17H31ClN4O. The van der Waals surface area contributed by atoms with Crippen molar-refractivity contribution in [2.24, 2.45) is 11.8 Å². The zero-order valence-corrected chi connectivity index (χ0v) is 15.6. The van der Waals surface area contributed by atoms with E-state index >= 15 is 0 Å². The molecule has 132 valence electrons. The molecule has 1 aliphatic rings. The molecule has 6 heteroatoms. The molecule has 0 aromatic carbocycles. The minimum atomic E-state index is 0. The van der Waals surface area contributed by atoms with E-state index in [0.717, 1.165) is 55.5 Å². The number of amides is 1. The van der Waals surface area contributed by atoms with Gasteiger partial charge in [-0.3, -0.25) is 9.48 Å². The van der Waals surface area contributed by atoms with E-state index in [1.54, 1.807) is 0 Å². The third kappa shape index (κ3) is 5.81. The predicted molar refractivity (Wildman–Crippen MR) is 96.1 cm³/mol. The highest BCUT2D eigenvalue weighted by Crippen LogP contribution is 2.15. The molecule has 1 aromatic heterocycles. The molecule has 0 radical (unpaired) electrons. The van der Waals surface area contributed by atoms with E-state index in [9.17, 15) is 4.79 Å². The van der Waals surface area contributed by atoms with Crippen LogP contribution in [0.1, 0.15) is 43.6 Å². The Balaban J connectivity index is 0.00000264. The van der Waals surface area contributed by atoms with E-state index in [2.05, 4.69) is 36.5 Å². The van der Waals surface area contributed by atoms with Gasteiger partial charge in [-0.1, -0.05) is 13.8 Å². The molecule has 2 rings (SSSR count). The maximum atomic E-state index is 12.2. The summed E-state index contributed by atoms with van der Waals surface area (Å²) in [4.78, 5) is 12.2. The van der Waals surface area contributed by atoms with Gasteiger partial charge in [0.1, 0.15) is 0 Å². The van der Waals surface area contributed by atoms with Crippen LogP contribution in [0.3, 0.4) is 0 Å². The summed E-state index contributed by atoms with van der Waals surface area (Å²) in [5, 5.41) is 11.0. The summed E-state index contributed by atoms with van der Waals surface area (Å²) < 4.78 is 2.03. The number of rotatable bonds is 7. The summed E-state index contributed by atoms with van der Waals surface area (Å²) in [6.07, 6.45) is 2.75. The maximum Gasteiger partial charge on any atom is 0.224 e. The van der Waals surface area contributed by atoms with Crippen molar-refractivity contribution in [1.82, 2.24) is 20.4 Å². The Bertz CT molecular complexity index is 507. The molecule has 0 aliphatic carbocycles. The number of hydrogen-bond acceptors (Lipinski definition) is 3. The number of aromatic nitrogens is 2. The van der Waals surface area contributed by atoms with Crippen LogP contribution >= 0.6 is 12.4 Å². The summed E-state index contributed by atoms with van der Waals surface area (Å²) in [5.74, 6) is 1.39. The molecule has 0 spiro atoms. The Morgan fingerprint density at radius 1 is 1.43 bits per heavy atom. The van der Waals surface area contributed by atoms with E-state index in [-0.39, 0.29) is 18.3 Å². The minimum Gasteiger partial charge on any atom is -0.356 e. The number of carbonyl (C=O) groups excluding carboxylic acids is 1. The van der Waals surface area contributed by atoms with Crippen LogP contribution in [0.2, 0.25) is 0 Å². The molecule has 1 fully saturated rings. The lowest BCUT2D eigenvalue weighted by Gasteiger charge is -2.10. The van der Waals surface area contributed by atoms with Gasteiger partial charge in [-0.2, -0.15) is 5.10 Å². The third-order valence-corrected chi connectivity index (χ3v) is 4.44. The largest absolute Gasteiger partial charge is 0.356 e. The highest BCUT2D eigenvalue weighted by molar-refractivity contribution is 5.85. The molecule has 23 heavy (non-hydrogen) atoms. The van der Waals surface area contributed by atoms with Gasteiger partial charge in [0.25, 0.3) is 0 Å². The lowest BCUT2D eigenvalue weighted by molar-refractivity contribution is -0.120. The summed E-state index contributed by atoms with van der Waals surface area (Å²) in [7, 11) is 0. The van der Waals surface area contributed by atoms with Crippen molar-refractivity contribution in [3.63, 3.8) is 0 Å². The second-order valence-electron chi connectivity index (χ2n) is 6.90. The number of nitrogens with zero attached hydrogens (tertiary/aromatic N) is 2. The SMILES string of the molecule is Cc1nn(CC(C)C)c(C)c1CC(=O)NCCC1CCNC1.Cl. The van der Waals surface area contributed by atoms with Crippen molar-refractivity contribution < 1.29 is 4.79 Å². The van der Waals surface area contributed by atoms with Gasteiger partial charge in [-0.05, 0) is 51.6 Å². The molecule has 1 unspecified atom stereocenters. The quantitative estimate of drug-likeness (QED) is 0.799. The van der Waals surface area contributed by atoms with Crippen LogP contribution in [0.15, 0.2) is 0 Å². The van der Waals surface area contributed by atoms with Crippen molar-refractivity contribution in [1.29, 1.82) is 0 Å². The number of carbonyl (C=O) groups is 1. The monoisotopic (exact) mass is 342 g/mol. The molecule has 1 atom stereocenters. The second kappa shape index (κ2) is 9.28. The van der Waals surface area contributed by atoms with Gasteiger partial charge < -0.3 is 10.6 Å². The average Bonchev–Trinajstić information content (AvgIpc) is 3.03. The summed E-state index contributed by atoms with van der Waals surface area (Å²) in [5.41, 5.74) is 3.19. The minimum absolute atomic E-state index is 0. The van der Waals surface area contributed by atoms with Crippen LogP contribution < -0.4 is 10.6 Å². The average molecular weight is 343 g/mol. The highest BCUT2D eigenvalue weighted by atomic mass is 35.5. The number of nitrogens with one attached hydrogen (secondary N) is 2. The molecule has 1 saturated heterocycles. The summed E-state index contributed by atoms with van der Waals surface area (Å²) in [6.45, 7) is 12.3. The van der Waals surface area contributed by atoms with E-state index in [1.807, 2.05) is 11.6 Å². The van der Waals surface area contributed by atoms with Gasteiger partial charge in [0.2, 0.25) is 5.91 Å². The molecule has 5 nitrogen and oxygen atoms in total. The third-order valence-electron chi connectivity index (χ3n) is 4.44. The van der Waals surface area contributed by atoms with Crippen molar-refractivity contribution in [3.8, 4) is 0 Å². The van der Waals surface area contributed by atoms with E-state index in [0.29, 0.717) is 12.3 Å². The first-order valence-corrected chi connectivity index (χ1v) is 8.47. The lowest BCUT2D eigenvalue weighted by Crippen LogP contribution is -2.28. The number of hydrogen-bond donors (Lipinski definition) is 2. The predicted octanol–water partition coefficient (Wildman–Crippen LogP) is 2.24. The Hall–Kier alpha value is -1.07. The highest BCUT2D eigenvalue weighted by Gasteiger charge is 2.17. The molecule has 1 aliphatic heterocycles. The first-order chi connectivity index (χ1) is 10.5. The van der Waals surface area contributed by atoms with Crippen LogP contribution in [0.25, 0.3) is 0 Å². The van der Waals surface area contributed by atoms with Gasteiger partial charge in [0, 0.05) is 24.3 Å². The van der Waals surface area contributed by atoms with Crippen LogP contribution in [-0.4, -0.2) is 35.3 Å². The zero-order chi connectivity index (χ0) is 16.1. The van der Waals surface area contributed by atoms with Crippen molar-refractivity contribution >= 4 is 18.3 Å². The molecule has 2 heterocycles. The molecule has 0 saturated carbocycles. The fourth-order valence-electron chi connectivity index (χ4n) is 3.11. The van der Waals surface area contributed by atoms with Gasteiger partial charge >= 0.3 is 0 Å². The normalized spacial score (nSPS) is 17.3. The molecule has 1 amide bonds. The van der Waals surface area contributed by atoms with Crippen LogP contribution in [-0.2, 0) is 17.8 Å². The second-order valence-corrected chi connectivity index (χ2v) is 6.90. The fourth-order valence-corrected chi connectivity index (χ4v) is 3.11. The lowest BCUT2D eigenvalue weighted by atomic mass is 10.1. The van der Waals surface area contributed by atoms with E-state index in [1.165, 1.54) is 6.42 Å². The summed E-state index contributed by atoms with van der Waals surface area (Å²) in [6, 6.07) is 0. The number of aryl methyl sites for hydroxylation is 1. The Kier molecular flexibility index (Phi) is 8.06. The number of halogens is 1. The van der Waals surface area contributed by atoms with Crippen molar-refractivity contribution in [2.45, 2.75) is 53.5 Å². The standard InChI is InChI=1S/C17H30N4O.ClH/c1-12(2)11-21-14(4)16(13(3)20-21)9-17(22)19-8-6-15-5-7-18-10-15;/h12,15,18H,5-11H2,1-4H3,(H,19,22);1H. The Morgan fingerprint density at radius 2 is 2.17 bits per heavy atom. The van der Waals surface area contributed by atoms with E-state index < -0.39 is 0 Å². The topological polar surface area (TPSA) is 59.0 Å². The smallest absolute Gasteiger partial charge is 0.224 e. The Morgan fingerprint density at radius 3 is 2.78 bits per heavy atom. The van der Waals surface area contributed by atoms with Gasteiger partial charge in [-0.25, -0.2) is 0 Å². The molecule has 1 aromatic rings. The molecule has 2 N–H and O–H groups in total. The Labute approximate surface area is 146 Å². The van der Waals surface area contributed by atoms with Crippen LogP contribution in [0, 0.1) is 25.7 Å². The van der Waals surface area contributed by atoms with Crippen LogP contribution in [0.5, 0.6) is 0 Å². The zero-order valence-electron chi connectivity index (χ0n) is 14.8.